The van der Waals surface area contributed by atoms with Gasteiger partial charge in [-0.25, -0.2) is 0 Å². The molecule has 0 aliphatic heterocycles. The molecule has 0 aromatic heterocycles. The van der Waals surface area contributed by atoms with Crippen LogP contribution in [0.1, 0.15) is 29.5 Å². The summed E-state index contributed by atoms with van der Waals surface area (Å²) in [5, 5.41) is 3.72. The lowest BCUT2D eigenvalue weighted by Gasteiger charge is -2.40. The minimum Gasteiger partial charge on any atom is -0.374 e. The molecule has 3 N–H and O–H groups in total. The Morgan fingerprint density at radius 2 is 2.00 bits per heavy atom. The third-order valence-electron chi connectivity index (χ3n) is 4.33. The molecule has 2 aromatic rings. The molecule has 1 atom stereocenters. The van der Waals surface area contributed by atoms with Crippen LogP contribution in [-0.2, 0) is 12.0 Å². The van der Waals surface area contributed by atoms with E-state index in [4.69, 9.17) is 5.73 Å². The number of hydrogen-bond acceptors (Lipinski definition) is 2. The first-order chi connectivity index (χ1) is 9.73. The molecule has 1 unspecified atom stereocenters. The second-order valence-electron chi connectivity index (χ2n) is 5.79. The molecule has 0 radical (unpaired) electrons. The number of nitrogens with two attached hydrogens (primary N) is 1. The van der Waals surface area contributed by atoms with Crippen molar-refractivity contribution in [3.05, 3.63) is 65.2 Å². The van der Waals surface area contributed by atoms with Crippen molar-refractivity contribution >= 4 is 5.69 Å². The zero-order valence-corrected chi connectivity index (χ0v) is 12.0. The van der Waals surface area contributed by atoms with E-state index in [0.717, 1.165) is 18.5 Å². The molecular weight excluding hydrogens is 244 g/mol. The van der Waals surface area contributed by atoms with E-state index >= 15 is 0 Å². The molecular formula is C18H22N2. The lowest BCUT2D eigenvalue weighted by Crippen LogP contribution is -2.45. The van der Waals surface area contributed by atoms with E-state index < -0.39 is 0 Å². The number of benzene rings is 2. The van der Waals surface area contributed by atoms with E-state index in [1.807, 2.05) is 0 Å². The summed E-state index contributed by atoms with van der Waals surface area (Å²) in [6.07, 6.45) is 3.44. The highest BCUT2D eigenvalue weighted by molar-refractivity contribution is 5.52. The van der Waals surface area contributed by atoms with Crippen LogP contribution < -0.4 is 11.1 Å². The van der Waals surface area contributed by atoms with Crippen LogP contribution in [0, 0.1) is 6.92 Å². The summed E-state index contributed by atoms with van der Waals surface area (Å²) in [6.45, 7) is 2.74. The second kappa shape index (κ2) is 5.29. The standard InChI is InChI=1S/C18H22N2/c1-14-6-4-9-16(12-14)20-18(13-19)11-5-8-15-7-2-3-10-17(15)18/h2-4,6-7,9-10,12,20H,5,8,11,13,19H2,1H3. The van der Waals surface area contributed by atoms with E-state index in [0.29, 0.717) is 6.54 Å². The van der Waals surface area contributed by atoms with Gasteiger partial charge in [0.1, 0.15) is 0 Å². The Balaban J connectivity index is 2.00. The van der Waals surface area contributed by atoms with Gasteiger partial charge in [-0.1, -0.05) is 36.4 Å². The van der Waals surface area contributed by atoms with Crippen LogP contribution in [0.2, 0.25) is 0 Å². The number of nitrogens with one attached hydrogen (secondary N) is 1. The van der Waals surface area contributed by atoms with Crippen LogP contribution in [0.3, 0.4) is 0 Å². The molecule has 104 valence electrons. The summed E-state index contributed by atoms with van der Waals surface area (Å²) in [7, 11) is 0. The van der Waals surface area contributed by atoms with Crippen molar-refractivity contribution in [3.63, 3.8) is 0 Å². The molecule has 0 saturated carbocycles. The Labute approximate surface area is 121 Å². The SMILES string of the molecule is Cc1cccc(NC2(CN)CCCc3ccccc32)c1. The van der Waals surface area contributed by atoms with Crippen LogP contribution in [0.5, 0.6) is 0 Å². The van der Waals surface area contributed by atoms with Crippen molar-refractivity contribution in [3.8, 4) is 0 Å². The molecule has 0 fully saturated rings. The zero-order chi connectivity index (χ0) is 14.0. The van der Waals surface area contributed by atoms with Gasteiger partial charge in [0.25, 0.3) is 0 Å². The fourth-order valence-electron chi connectivity index (χ4n) is 3.31. The fourth-order valence-corrected chi connectivity index (χ4v) is 3.31. The predicted molar refractivity (Wildman–Crippen MR) is 84.9 cm³/mol. The largest absolute Gasteiger partial charge is 0.374 e. The van der Waals surface area contributed by atoms with Crippen molar-refractivity contribution in [2.24, 2.45) is 5.73 Å². The van der Waals surface area contributed by atoms with Crippen LogP contribution in [0.15, 0.2) is 48.5 Å². The Morgan fingerprint density at radius 1 is 1.15 bits per heavy atom. The molecule has 1 aliphatic carbocycles. The average molecular weight is 266 g/mol. The first kappa shape index (κ1) is 13.2. The highest BCUT2D eigenvalue weighted by atomic mass is 15.0. The Kier molecular flexibility index (Phi) is 3.49. The van der Waals surface area contributed by atoms with Gasteiger partial charge in [0.05, 0.1) is 5.54 Å². The maximum Gasteiger partial charge on any atom is 0.0750 e. The number of aryl methyl sites for hydroxylation is 2. The van der Waals surface area contributed by atoms with Gasteiger partial charge in [0, 0.05) is 12.2 Å². The van der Waals surface area contributed by atoms with E-state index in [-0.39, 0.29) is 5.54 Å². The van der Waals surface area contributed by atoms with Crippen LogP contribution in [0.4, 0.5) is 5.69 Å². The van der Waals surface area contributed by atoms with Gasteiger partial charge in [0.2, 0.25) is 0 Å². The molecule has 0 spiro atoms. The molecule has 2 nitrogen and oxygen atoms in total. The summed E-state index contributed by atoms with van der Waals surface area (Å²) in [5.41, 5.74) is 11.3. The van der Waals surface area contributed by atoms with Gasteiger partial charge < -0.3 is 11.1 Å². The van der Waals surface area contributed by atoms with Crippen LogP contribution in [-0.4, -0.2) is 6.54 Å². The van der Waals surface area contributed by atoms with Crippen molar-refractivity contribution in [2.45, 2.75) is 31.7 Å². The van der Waals surface area contributed by atoms with Crippen molar-refractivity contribution in [1.82, 2.24) is 0 Å². The van der Waals surface area contributed by atoms with E-state index in [2.05, 4.69) is 60.8 Å². The fraction of sp³-hybridized carbons (Fsp3) is 0.333. The Hall–Kier alpha value is -1.80. The summed E-state index contributed by atoms with van der Waals surface area (Å²) in [4.78, 5) is 0. The van der Waals surface area contributed by atoms with Crippen LogP contribution >= 0.6 is 0 Å². The smallest absolute Gasteiger partial charge is 0.0750 e. The van der Waals surface area contributed by atoms with Gasteiger partial charge in [0.15, 0.2) is 0 Å². The summed E-state index contributed by atoms with van der Waals surface area (Å²) in [6, 6.07) is 17.2. The van der Waals surface area contributed by atoms with Gasteiger partial charge >= 0.3 is 0 Å². The average Bonchev–Trinajstić information content (AvgIpc) is 2.47. The Morgan fingerprint density at radius 3 is 2.80 bits per heavy atom. The lowest BCUT2D eigenvalue weighted by molar-refractivity contribution is 0.417. The molecule has 3 rings (SSSR count). The number of rotatable bonds is 3. The third kappa shape index (κ3) is 2.32. The van der Waals surface area contributed by atoms with Crippen molar-refractivity contribution in [2.75, 3.05) is 11.9 Å². The lowest BCUT2D eigenvalue weighted by atomic mass is 9.76. The highest BCUT2D eigenvalue weighted by Crippen LogP contribution is 2.37. The number of anilines is 1. The monoisotopic (exact) mass is 266 g/mol. The molecule has 2 heteroatoms. The summed E-state index contributed by atoms with van der Waals surface area (Å²) < 4.78 is 0. The minimum atomic E-state index is -0.122. The van der Waals surface area contributed by atoms with Crippen molar-refractivity contribution in [1.29, 1.82) is 0 Å². The molecule has 20 heavy (non-hydrogen) atoms. The number of fused-ring (bicyclic) bond motifs is 1. The first-order valence-electron chi connectivity index (χ1n) is 7.37. The number of hydrogen-bond donors (Lipinski definition) is 2. The maximum absolute atomic E-state index is 6.18. The molecule has 0 bridgehead atoms. The summed E-state index contributed by atoms with van der Waals surface area (Å²) >= 11 is 0. The quantitative estimate of drug-likeness (QED) is 0.891. The van der Waals surface area contributed by atoms with E-state index in [1.165, 1.54) is 23.1 Å². The predicted octanol–water partition coefficient (Wildman–Crippen LogP) is 3.60. The maximum atomic E-state index is 6.18. The molecule has 2 aromatic carbocycles. The van der Waals surface area contributed by atoms with E-state index in [9.17, 15) is 0 Å². The van der Waals surface area contributed by atoms with E-state index in [1.54, 1.807) is 0 Å². The van der Waals surface area contributed by atoms with Crippen molar-refractivity contribution < 1.29 is 0 Å². The van der Waals surface area contributed by atoms with Crippen LogP contribution in [0.25, 0.3) is 0 Å². The minimum absolute atomic E-state index is 0.122. The highest BCUT2D eigenvalue weighted by Gasteiger charge is 2.34. The zero-order valence-electron chi connectivity index (χ0n) is 12.0. The van der Waals surface area contributed by atoms with Gasteiger partial charge in [-0.2, -0.15) is 0 Å². The molecule has 1 aliphatic rings. The molecule has 0 amide bonds. The second-order valence-corrected chi connectivity index (χ2v) is 5.79. The van der Waals surface area contributed by atoms with Gasteiger partial charge in [-0.3, -0.25) is 0 Å². The molecule has 0 heterocycles. The molecule has 0 saturated heterocycles. The first-order valence-corrected chi connectivity index (χ1v) is 7.37. The summed E-state index contributed by atoms with van der Waals surface area (Å²) in [5.74, 6) is 0. The topological polar surface area (TPSA) is 38.0 Å². The van der Waals surface area contributed by atoms with Gasteiger partial charge in [-0.05, 0) is 55.0 Å². The third-order valence-corrected chi connectivity index (χ3v) is 4.33. The van der Waals surface area contributed by atoms with Gasteiger partial charge in [-0.15, -0.1) is 0 Å². The Bertz CT molecular complexity index is 606. The normalized spacial score (nSPS) is 21.3.